The summed E-state index contributed by atoms with van der Waals surface area (Å²) in [5.41, 5.74) is 0.254. The first-order chi connectivity index (χ1) is 10.7. The summed E-state index contributed by atoms with van der Waals surface area (Å²) >= 11 is 0. The Kier molecular flexibility index (Phi) is 4.24. The number of amides is 1. The zero-order chi connectivity index (χ0) is 15.5. The van der Waals surface area contributed by atoms with Crippen molar-refractivity contribution in [2.24, 2.45) is 0 Å². The molecule has 1 aromatic carbocycles. The molecule has 5 nitrogen and oxygen atoms in total. The van der Waals surface area contributed by atoms with Crippen LogP contribution in [0.15, 0.2) is 39.5 Å². The van der Waals surface area contributed by atoms with Crippen LogP contribution < -0.4 is 5.43 Å². The van der Waals surface area contributed by atoms with E-state index in [1.807, 2.05) is 0 Å². The van der Waals surface area contributed by atoms with Gasteiger partial charge in [0.1, 0.15) is 5.58 Å². The molecule has 1 aliphatic rings. The van der Waals surface area contributed by atoms with Crippen LogP contribution in [0.2, 0.25) is 0 Å². The van der Waals surface area contributed by atoms with Gasteiger partial charge in [0.25, 0.3) is 5.91 Å². The lowest BCUT2D eigenvalue weighted by atomic mass is 10.1. The van der Waals surface area contributed by atoms with E-state index in [1.165, 1.54) is 6.07 Å². The highest BCUT2D eigenvalue weighted by molar-refractivity contribution is 5.93. The molecule has 1 fully saturated rings. The Hall–Kier alpha value is -2.14. The van der Waals surface area contributed by atoms with E-state index < -0.39 is 0 Å². The van der Waals surface area contributed by atoms with Gasteiger partial charge in [-0.25, -0.2) is 0 Å². The average molecular weight is 301 g/mol. The summed E-state index contributed by atoms with van der Waals surface area (Å²) in [4.78, 5) is 26.6. The van der Waals surface area contributed by atoms with Gasteiger partial charge in [-0.1, -0.05) is 25.5 Å². The molecule has 0 aliphatic carbocycles. The maximum Gasteiger partial charge on any atom is 0.290 e. The largest absolute Gasteiger partial charge is 0.451 e. The molecule has 0 N–H and O–H groups in total. The van der Waals surface area contributed by atoms with Crippen molar-refractivity contribution in [3.8, 4) is 0 Å². The van der Waals surface area contributed by atoms with Crippen LogP contribution >= 0.6 is 0 Å². The number of fused-ring (bicyclic) bond motifs is 1. The van der Waals surface area contributed by atoms with Crippen LogP contribution in [-0.2, 0) is 4.74 Å². The Labute approximate surface area is 128 Å². The normalized spacial score (nSPS) is 18.6. The van der Waals surface area contributed by atoms with Gasteiger partial charge in [-0.3, -0.25) is 9.59 Å². The number of ether oxygens (including phenoxy) is 1. The molecule has 1 aliphatic heterocycles. The molecule has 0 bridgehead atoms. The number of benzene rings is 1. The zero-order valence-corrected chi connectivity index (χ0v) is 12.6. The number of morpholine rings is 1. The van der Waals surface area contributed by atoms with E-state index in [9.17, 15) is 9.59 Å². The van der Waals surface area contributed by atoms with Gasteiger partial charge in [0.05, 0.1) is 24.6 Å². The van der Waals surface area contributed by atoms with Crippen molar-refractivity contribution in [1.29, 1.82) is 0 Å². The van der Waals surface area contributed by atoms with E-state index in [0.717, 1.165) is 12.8 Å². The number of hydrogen-bond acceptors (Lipinski definition) is 4. The quantitative estimate of drug-likeness (QED) is 0.873. The van der Waals surface area contributed by atoms with Crippen molar-refractivity contribution >= 4 is 16.9 Å². The summed E-state index contributed by atoms with van der Waals surface area (Å²) in [6.45, 7) is 3.66. The lowest BCUT2D eigenvalue weighted by Gasteiger charge is -2.35. The van der Waals surface area contributed by atoms with E-state index in [0.29, 0.717) is 30.7 Å². The zero-order valence-electron chi connectivity index (χ0n) is 12.6. The number of hydrogen-bond donors (Lipinski definition) is 0. The lowest BCUT2D eigenvalue weighted by Crippen LogP contribution is -2.48. The second kappa shape index (κ2) is 6.32. The number of nitrogens with zero attached hydrogens (tertiary/aromatic N) is 1. The molecule has 3 rings (SSSR count). The first-order valence-corrected chi connectivity index (χ1v) is 7.62. The second-order valence-corrected chi connectivity index (χ2v) is 5.49. The monoisotopic (exact) mass is 301 g/mol. The standard InChI is InChI=1S/C17H19NO4/c1-2-5-12-11-21-9-8-18(12)17(20)16-10-14(19)13-6-3-4-7-15(13)22-16/h3-4,6-7,10,12H,2,5,8-9,11H2,1H3. The third-order valence-corrected chi connectivity index (χ3v) is 3.96. The molecule has 1 amide bonds. The lowest BCUT2D eigenvalue weighted by molar-refractivity contribution is -0.00583. The minimum atomic E-state index is -0.232. The molecule has 0 spiro atoms. The molecular weight excluding hydrogens is 282 g/mol. The Balaban J connectivity index is 1.95. The molecule has 5 heteroatoms. The van der Waals surface area contributed by atoms with Gasteiger partial charge in [-0.05, 0) is 18.6 Å². The molecule has 116 valence electrons. The fraction of sp³-hybridized carbons (Fsp3) is 0.412. The van der Waals surface area contributed by atoms with E-state index in [1.54, 1.807) is 29.2 Å². The Bertz CT molecular complexity index is 735. The van der Waals surface area contributed by atoms with Crippen LogP contribution in [0.3, 0.4) is 0 Å². The number of rotatable bonds is 3. The number of carbonyl (C=O) groups is 1. The van der Waals surface area contributed by atoms with Gasteiger partial charge < -0.3 is 14.1 Å². The van der Waals surface area contributed by atoms with Crippen molar-refractivity contribution in [3.63, 3.8) is 0 Å². The third kappa shape index (κ3) is 2.76. The minimum absolute atomic E-state index is 0.0445. The highest BCUT2D eigenvalue weighted by atomic mass is 16.5. The molecule has 1 saturated heterocycles. The van der Waals surface area contributed by atoms with Crippen LogP contribution in [-0.4, -0.2) is 36.6 Å². The van der Waals surface area contributed by atoms with Crippen LogP contribution in [0.5, 0.6) is 0 Å². The minimum Gasteiger partial charge on any atom is -0.451 e. The summed E-state index contributed by atoms with van der Waals surface area (Å²) in [5.74, 6) is -0.128. The summed E-state index contributed by atoms with van der Waals surface area (Å²) in [6.07, 6.45) is 1.85. The SMILES string of the molecule is CCCC1COCCN1C(=O)c1cc(=O)c2ccccc2o1. The van der Waals surface area contributed by atoms with E-state index in [2.05, 4.69) is 6.92 Å². The molecule has 2 heterocycles. The van der Waals surface area contributed by atoms with Gasteiger partial charge >= 0.3 is 0 Å². The van der Waals surface area contributed by atoms with Crippen molar-refractivity contribution in [2.75, 3.05) is 19.8 Å². The van der Waals surface area contributed by atoms with E-state index in [4.69, 9.17) is 9.15 Å². The molecular formula is C17H19NO4. The van der Waals surface area contributed by atoms with E-state index >= 15 is 0 Å². The molecule has 1 unspecified atom stereocenters. The molecule has 0 saturated carbocycles. The van der Waals surface area contributed by atoms with Gasteiger partial charge in [-0.15, -0.1) is 0 Å². The fourth-order valence-corrected chi connectivity index (χ4v) is 2.85. The molecule has 1 atom stereocenters. The van der Waals surface area contributed by atoms with Crippen molar-refractivity contribution in [2.45, 2.75) is 25.8 Å². The van der Waals surface area contributed by atoms with Gasteiger partial charge in [0.2, 0.25) is 0 Å². The van der Waals surface area contributed by atoms with Gasteiger partial charge in [-0.2, -0.15) is 0 Å². The summed E-state index contributed by atoms with van der Waals surface area (Å²) in [6, 6.07) is 8.31. The van der Waals surface area contributed by atoms with Gasteiger partial charge in [0.15, 0.2) is 11.2 Å². The van der Waals surface area contributed by atoms with Crippen molar-refractivity contribution in [1.82, 2.24) is 4.90 Å². The predicted octanol–water partition coefficient (Wildman–Crippen LogP) is 2.43. The number of carbonyl (C=O) groups excluding carboxylic acids is 1. The molecule has 0 radical (unpaired) electrons. The first-order valence-electron chi connectivity index (χ1n) is 7.62. The Morgan fingerprint density at radius 1 is 1.36 bits per heavy atom. The topological polar surface area (TPSA) is 59.8 Å². The van der Waals surface area contributed by atoms with Crippen molar-refractivity contribution < 1.29 is 13.9 Å². The maximum absolute atomic E-state index is 12.7. The summed E-state index contributed by atoms with van der Waals surface area (Å²) in [5, 5.41) is 0.492. The maximum atomic E-state index is 12.7. The predicted molar refractivity (Wildman–Crippen MR) is 83.0 cm³/mol. The number of para-hydroxylation sites is 1. The first kappa shape index (κ1) is 14.8. The van der Waals surface area contributed by atoms with Gasteiger partial charge in [0, 0.05) is 12.6 Å². The highest BCUT2D eigenvalue weighted by Gasteiger charge is 2.29. The van der Waals surface area contributed by atoms with Crippen molar-refractivity contribution in [3.05, 3.63) is 46.3 Å². The molecule has 1 aromatic heterocycles. The Morgan fingerprint density at radius 3 is 3.00 bits per heavy atom. The summed E-state index contributed by atoms with van der Waals surface area (Å²) in [7, 11) is 0. The van der Waals surface area contributed by atoms with Crippen LogP contribution in [0.1, 0.15) is 30.3 Å². The molecule has 22 heavy (non-hydrogen) atoms. The fourth-order valence-electron chi connectivity index (χ4n) is 2.85. The third-order valence-electron chi connectivity index (χ3n) is 3.96. The highest BCUT2D eigenvalue weighted by Crippen LogP contribution is 2.18. The second-order valence-electron chi connectivity index (χ2n) is 5.49. The summed E-state index contributed by atoms with van der Waals surface area (Å²) < 4.78 is 11.1. The van der Waals surface area contributed by atoms with Crippen LogP contribution in [0, 0.1) is 0 Å². The Morgan fingerprint density at radius 2 is 2.18 bits per heavy atom. The molecule has 2 aromatic rings. The van der Waals surface area contributed by atoms with Crippen LogP contribution in [0.4, 0.5) is 0 Å². The van der Waals surface area contributed by atoms with E-state index in [-0.39, 0.29) is 23.1 Å². The average Bonchev–Trinajstić information content (AvgIpc) is 2.55. The smallest absolute Gasteiger partial charge is 0.290 e. The van der Waals surface area contributed by atoms with Crippen LogP contribution in [0.25, 0.3) is 11.0 Å².